The minimum Gasteiger partial charge on any atom is -0.480 e. The molecule has 0 aromatic rings. The zero-order valence-electron chi connectivity index (χ0n) is 13.9. The smallest absolute Gasteiger partial charge is 0.317 e. The van der Waals surface area contributed by atoms with E-state index < -0.39 is 5.97 Å². The Bertz CT molecular complexity index is 393. The molecule has 0 aromatic heterocycles. The zero-order valence-corrected chi connectivity index (χ0v) is 13.9. The van der Waals surface area contributed by atoms with Crippen LogP contribution in [0.2, 0.25) is 0 Å². The van der Waals surface area contributed by atoms with Crippen molar-refractivity contribution in [3.8, 4) is 0 Å². The molecule has 0 radical (unpaired) electrons. The van der Waals surface area contributed by atoms with Crippen LogP contribution in [0.5, 0.6) is 0 Å². The molecule has 1 saturated carbocycles. The Morgan fingerprint density at radius 3 is 2.74 bits per heavy atom. The number of carboxylic acid groups (broad SMARTS) is 1. The SMILES string of the molecule is CCN(CC(=O)O)C1CC(NC(=O)NCCCC2CCOC2)C1. The third kappa shape index (κ3) is 5.99. The van der Waals surface area contributed by atoms with E-state index in [0.717, 1.165) is 51.9 Å². The van der Waals surface area contributed by atoms with Gasteiger partial charge in [-0.2, -0.15) is 0 Å². The molecular formula is C16H29N3O4. The normalized spacial score (nSPS) is 26.8. The summed E-state index contributed by atoms with van der Waals surface area (Å²) < 4.78 is 5.33. The fourth-order valence-corrected chi connectivity index (χ4v) is 3.32. The van der Waals surface area contributed by atoms with Crippen molar-refractivity contribution in [1.82, 2.24) is 15.5 Å². The van der Waals surface area contributed by atoms with E-state index in [0.29, 0.717) is 12.5 Å². The van der Waals surface area contributed by atoms with E-state index in [1.165, 1.54) is 0 Å². The van der Waals surface area contributed by atoms with Gasteiger partial charge in [-0.25, -0.2) is 4.79 Å². The van der Waals surface area contributed by atoms with Crippen LogP contribution in [0.15, 0.2) is 0 Å². The molecule has 0 bridgehead atoms. The molecule has 7 heteroatoms. The summed E-state index contributed by atoms with van der Waals surface area (Å²) in [5.74, 6) is -0.143. The van der Waals surface area contributed by atoms with Crippen molar-refractivity contribution in [3.05, 3.63) is 0 Å². The van der Waals surface area contributed by atoms with Gasteiger partial charge in [0.05, 0.1) is 6.54 Å². The van der Waals surface area contributed by atoms with Crippen molar-refractivity contribution in [2.75, 3.05) is 32.8 Å². The molecule has 23 heavy (non-hydrogen) atoms. The van der Waals surface area contributed by atoms with E-state index in [-0.39, 0.29) is 24.7 Å². The molecule has 0 aromatic carbocycles. The van der Waals surface area contributed by atoms with Crippen LogP contribution in [0, 0.1) is 5.92 Å². The summed E-state index contributed by atoms with van der Waals surface area (Å²) in [5.41, 5.74) is 0. The molecule has 2 aliphatic rings. The van der Waals surface area contributed by atoms with Gasteiger partial charge >= 0.3 is 12.0 Å². The monoisotopic (exact) mass is 327 g/mol. The maximum atomic E-state index is 11.8. The second-order valence-corrected chi connectivity index (χ2v) is 6.55. The summed E-state index contributed by atoms with van der Waals surface area (Å²) in [6.45, 7) is 5.19. The molecule has 0 spiro atoms. The van der Waals surface area contributed by atoms with Crippen molar-refractivity contribution in [2.45, 2.75) is 51.1 Å². The highest BCUT2D eigenvalue weighted by Crippen LogP contribution is 2.25. The lowest BCUT2D eigenvalue weighted by Gasteiger charge is -2.42. The molecule has 1 atom stereocenters. The van der Waals surface area contributed by atoms with Gasteiger partial charge in [-0.15, -0.1) is 0 Å². The molecule has 132 valence electrons. The van der Waals surface area contributed by atoms with Crippen LogP contribution in [0.25, 0.3) is 0 Å². The molecule has 1 unspecified atom stereocenters. The second-order valence-electron chi connectivity index (χ2n) is 6.55. The van der Waals surface area contributed by atoms with Crippen molar-refractivity contribution >= 4 is 12.0 Å². The lowest BCUT2D eigenvalue weighted by atomic mass is 9.85. The van der Waals surface area contributed by atoms with Crippen LogP contribution in [0.1, 0.15) is 39.0 Å². The Hall–Kier alpha value is -1.34. The van der Waals surface area contributed by atoms with Gasteiger partial charge in [0.2, 0.25) is 0 Å². The van der Waals surface area contributed by atoms with Crippen molar-refractivity contribution in [2.24, 2.45) is 5.92 Å². The number of urea groups is 1. The molecule has 3 N–H and O–H groups in total. The average Bonchev–Trinajstić information content (AvgIpc) is 2.98. The quantitative estimate of drug-likeness (QED) is 0.551. The summed E-state index contributed by atoms with van der Waals surface area (Å²) in [7, 11) is 0. The maximum Gasteiger partial charge on any atom is 0.317 e. The number of carbonyl (C=O) groups excluding carboxylic acids is 1. The van der Waals surface area contributed by atoms with E-state index in [2.05, 4.69) is 10.6 Å². The van der Waals surface area contributed by atoms with Gasteiger partial charge in [0, 0.05) is 31.8 Å². The van der Waals surface area contributed by atoms with Gasteiger partial charge in [0.1, 0.15) is 0 Å². The molecule has 1 saturated heterocycles. The first-order valence-electron chi connectivity index (χ1n) is 8.66. The van der Waals surface area contributed by atoms with Gasteiger partial charge in [0.15, 0.2) is 0 Å². The number of aliphatic carboxylic acids is 1. The largest absolute Gasteiger partial charge is 0.480 e. The number of carboxylic acids is 1. The molecule has 2 rings (SSSR count). The Morgan fingerprint density at radius 2 is 2.13 bits per heavy atom. The van der Waals surface area contributed by atoms with Crippen LogP contribution < -0.4 is 10.6 Å². The van der Waals surface area contributed by atoms with Gasteiger partial charge in [-0.3, -0.25) is 9.69 Å². The number of carbonyl (C=O) groups is 2. The Balaban J connectivity index is 1.52. The standard InChI is InChI=1S/C16H29N3O4/c1-2-19(10-15(20)21)14-8-13(9-14)18-16(22)17-6-3-4-12-5-7-23-11-12/h12-14H,2-11H2,1H3,(H,20,21)(H2,17,18,22). The zero-order chi connectivity index (χ0) is 16.7. The summed E-state index contributed by atoms with van der Waals surface area (Å²) in [6, 6.07) is 0.312. The first-order valence-corrected chi connectivity index (χ1v) is 8.66. The maximum absolute atomic E-state index is 11.8. The lowest BCUT2D eigenvalue weighted by Crippen LogP contribution is -2.56. The molecule has 1 heterocycles. The van der Waals surface area contributed by atoms with E-state index in [4.69, 9.17) is 9.84 Å². The van der Waals surface area contributed by atoms with Crippen LogP contribution in [-0.2, 0) is 9.53 Å². The van der Waals surface area contributed by atoms with E-state index in [9.17, 15) is 9.59 Å². The molecule has 1 aliphatic carbocycles. The van der Waals surface area contributed by atoms with Crippen molar-refractivity contribution in [3.63, 3.8) is 0 Å². The van der Waals surface area contributed by atoms with Crippen LogP contribution >= 0.6 is 0 Å². The minimum atomic E-state index is -0.798. The number of amides is 2. The van der Waals surface area contributed by atoms with Crippen molar-refractivity contribution < 1.29 is 19.4 Å². The third-order valence-corrected chi connectivity index (χ3v) is 4.81. The highest BCUT2D eigenvalue weighted by atomic mass is 16.5. The number of nitrogens with one attached hydrogen (secondary N) is 2. The van der Waals surface area contributed by atoms with E-state index >= 15 is 0 Å². The summed E-state index contributed by atoms with van der Waals surface area (Å²) in [6.07, 6.45) is 4.88. The first-order chi connectivity index (χ1) is 11.1. The number of rotatable bonds is 9. The number of hydrogen-bond acceptors (Lipinski definition) is 4. The molecule has 7 nitrogen and oxygen atoms in total. The van der Waals surface area contributed by atoms with Crippen LogP contribution in [0.3, 0.4) is 0 Å². The average molecular weight is 327 g/mol. The minimum absolute atomic E-state index is 0.0744. The van der Waals surface area contributed by atoms with E-state index in [1.54, 1.807) is 0 Å². The van der Waals surface area contributed by atoms with Gasteiger partial charge < -0.3 is 20.5 Å². The Labute approximate surface area is 137 Å². The number of likely N-dealkylation sites (N-methyl/N-ethyl adjacent to an activating group) is 1. The molecule has 2 amide bonds. The third-order valence-electron chi connectivity index (χ3n) is 4.81. The molecular weight excluding hydrogens is 298 g/mol. The summed E-state index contributed by atoms with van der Waals surface area (Å²) >= 11 is 0. The predicted octanol–water partition coefficient (Wildman–Crippen LogP) is 1.04. The highest BCUT2D eigenvalue weighted by Gasteiger charge is 2.34. The van der Waals surface area contributed by atoms with Crippen molar-refractivity contribution in [1.29, 1.82) is 0 Å². The summed E-state index contributed by atoms with van der Waals surface area (Å²) in [5, 5.41) is 14.7. The fraction of sp³-hybridized carbons (Fsp3) is 0.875. The Morgan fingerprint density at radius 1 is 1.35 bits per heavy atom. The van der Waals surface area contributed by atoms with E-state index in [1.807, 2.05) is 11.8 Å². The Kier molecular flexibility index (Phi) is 7.11. The number of ether oxygens (including phenoxy) is 1. The van der Waals surface area contributed by atoms with Crippen LogP contribution in [0.4, 0.5) is 4.79 Å². The van der Waals surface area contributed by atoms with Gasteiger partial charge in [-0.1, -0.05) is 6.92 Å². The number of nitrogens with zero attached hydrogens (tertiary/aromatic N) is 1. The van der Waals surface area contributed by atoms with Crippen LogP contribution in [-0.4, -0.2) is 66.9 Å². The second kappa shape index (κ2) is 9.08. The lowest BCUT2D eigenvalue weighted by molar-refractivity contribution is -0.139. The fourth-order valence-electron chi connectivity index (χ4n) is 3.32. The van der Waals surface area contributed by atoms with Gasteiger partial charge in [-0.05, 0) is 44.6 Å². The van der Waals surface area contributed by atoms with Gasteiger partial charge in [0.25, 0.3) is 0 Å². The number of hydrogen-bond donors (Lipinski definition) is 3. The molecule has 2 fully saturated rings. The first kappa shape index (κ1) is 18.0. The topological polar surface area (TPSA) is 90.9 Å². The highest BCUT2D eigenvalue weighted by molar-refractivity contribution is 5.74. The predicted molar refractivity (Wildman–Crippen MR) is 86.4 cm³/mol. The summed E-state index contributed by atoms with van der Waals surface area (Å²) in [4.78, 5) is 24.5. The molecule has 1 aliphatic heterocycles.